The quantitative estimate of drug-likeness (QED) is 0.150. The third-order valence-electron chi connectivity index (χ3n) is 5.90. The van der Waals surface area contributed by atoms with Crippen LogP contribution in [0.5, 0.6) is 0 Å². The highest BCUT2D eigenvalue weighted by Crippen LogP contribution is 2.41. The second kappa shape index (κ2) is 11.6. The molecule has 0 aliphatic heterocycles. The van der Waals surface area contributed by atoms with Crippen molar-refractivity contribution in [3.8, 4) is 5.82 Å². The van der Waals surface area contributed by atoms with Crippen molar-refractivity contribution in [1.29, 1.82) is 0 Å². The summed E-state index contributed by atoms with van der Waals surface area (Å²) in [5, 5.41) is 19.5. The van der Waals surface area contributed by atoms with E-state index in [0.29, 0.717) is 16.3 Å². The van der Waals surface area contributed by atoms with Crippen molar-refractivity contribution >= 4 is 98.1 Å². The fourth-order valence-corrected chi connectivity index (χ4v) is 5.41. The Hall–Kier alpha value is -3.12. The first-order chi connectivity index (χ1) is 19.5. The van der Waals surface area contributed by atoms with Crippen LogP contribution in [0, 0.1) is 6.92 Å². The topological polar surface area (TPSA) is 120 Å². The molecule has 0 unspecified atom stereocenters. The van der Waals surface area contributed by atoms with Crippen LogP contribution in [0.2, 0.25) is 30.1 Å². The maximum absolute atomic E-state index is 13.7. The summed E-state index contributed by atoms with van der Waals surface area (Å²) in [4.78, 5) is 31.8. The van der Waals surface area contributed by atoms with E-state index in [1.807, 2.05) is 0 Å². The molecule has 3 heterocycles. The number of anilines is 1. The number of nitrogens with zero attached hydrogens (tertiary/aromatic N) is 6. The monoisotopic (exact) mass is 670 g/mol. The van der Waals surface area contributed by atoms with E-state index in [-0.39, 0.29) is 65.5 Å². The number of benzene rings is 2. The molecule has 0 spiro atoms. The molecule has 0 aliphatic carbocycles. The van der Waals surface area contributed by atoms with Crippen LogP contribution in [0.15, 0.2) is 36.5 Å². The van der Waals surface area contributed by atoms with Crippen molar-refractivity contribution < 1.29 is 9.59 Å². The van der Waals surface area contributed by atoms with Crippen molar-refractivity contribution in [3.05, 3.63) is 89.2 Å². The highest BCUT2D eigenvalue weighted by molar-refractivity contribution is 6.54. The number of aryl methyl sites for hydroxylation is 1. The lowest BCUT2D eigenvalue weighted by Gasteiger charge is -2.14. The van der Waals surface area contributed by atoms with Gasteiger partial charge in [-0.3, -0.25) is 9.59 Å². The average molecular weight is 673 g/mol. The third kappa shape index (κ3) is 5.55. The average Bonchev–Trinajstić information content (AvgIpc) is 3.56. The number of pyridine rings is 1. The summed E-state index contributed by atoms with van der Waals surface area (Å²) in [6, 6.07) is 7.86. The highest BCUT2D eigenvalue weighted by Gasteiger charge is 2.24. The van der Waals surface area contributed by atoms with Crippen LogP contribution in [0.25, 0.3) is 16.9 Å². The van der Waals surface area contributed by atoms with Crippen LogP contribution >= 0.6 is 69.6 Å². The van der Waals surface area contributed by atoms with Gasteiger partial charge in [-0.15, -0.1) is 0 Å². The summed E-state index contributed by atoms with van der Waals surface area (Å²) in [7, 11) is 1.48. The van der Waals surface area contributed by atoms with Gasteiger partial charge >= 0.3 is 0 Å². The highest BCUT2D eigenvalue weighted by atomic mass is 35.5. The summed E-state index contributed by atoms with van der Waals surface area (Å²) in [5.74, 6) is -0.820. The lowest BCUT2D eigenvalue weighted by Crippen LogP contribution is -2.23. The molecule has 2 aromatic carbocycles. The maximum atomic E-state index is 13.7. The predicted molar refractivity (Wildman–Crippen MR) is 161 cm³/mol. The van der Waals surface area contributed by atoms with Crippen molar-refractivity contribution in [3.63, 3.8) is 0 Å². The van der Waals surface area contributed by atoms with Gasteiger partial charge in [0.1, 0.15) is 23.3 Å². The molecule has 0 bridgehead atoms. The van der Waals surface area contributed by atoms with Gasteiger partial charge in [-0.1, -0.05) is 69.6 Å². The lowest BCUT2D eigenvalue weighted by atomic mass is 10.1. The smallest absolute Gasteiger partial charge is 0.274 e. The number of hydrogen-bond donors (Lipinski definition) is 2. The number of nitrogens with one attached hydrogen (secondary N) is 2. The summed E-state index contributed by atoms with van der Waals surface area (Å²) in [6.45, 7) is 1.72. The van der Waals surface area contributed by atoms with Gasteiger partial charge < -0.3 is 10.6 Å². The number of aromatic nitrogens is 6. The first-order valence-electron chi connectivity index (χ1n) is 11.6. The van der Waals surface area contributed by atoms with Crippen LogP contribution in [-0.2, 0) is 6.54 Å². The summed E-state index contributed by atoms with van der Waals surface area (Å²) in [5.41, 5.74) is 1.96. The van der Waals surface area contributed by atoms with Crippen molar-refractivity contribution in [1.82, 2.24) is 35.1 Å². The Morgan fingerprint density at radius 2 is 1.54 bits per heavy atom. The zero-order valence-corrected chi connectivity index (χ0v) is 25.5. The van der Waals surface area contributed by atoms with Gasteiger partial charge in [-0.2, -0.15) is 20.1 Å². The van der Waals surface area contributed by atoms with E-state index in [0.717, 1.165) is 0 Å². The molecule has 16 heteroatoms. The first kappa shape index (κ1) is 29.4. The fourth-order valence-electron chi connectivity index (χ4n) is 4.02. The predicted octanol–water partition coefficient (Wildman–Crippen LogP) is 6.90. The van der Waals surface area contributed by atoms with Gasteiger partial charge in [0.2, 0.25) is 0 Å². The van der Waals surface area contributed by atoms with Gasteiger partial charge in [0, 0.05) is 18.3 Å². The van der Waals surface area contributed by atoms with Crippen molar-refractivity contribution in [2.24, 2.45) is 0 Å². The minimum atomic E-state index is -0.593. The number of amides is 2. The van der Waals surface area contributed by atoms with E-state index < -0.39 is 11.8 Å². The fraction of sp³-hybridized carbons (Fsp3) is 0.120. The largest absolute Gasteiger partial charge is 0.355 e. The molecule has 0 aliphatic rings. The van der Waals surface area contributed by atoms with E-state index in [4.69, 9.17) is 69.6 Å². The van der Waals surface area contributed by atoms with E-state index in [2.05, 4.69) is 30.9 Å². The summed E-state index contributed by atoms with van der Waals surface area (Å²) >= 11 is 37.5. The molecule has 41 heavy (non-hydrogen) atoms. The van der Waals surface area contributed by atoms with Gasteiger partial charge in [0.15, 0.2) is 5.82 Å². The number of rotatable bonds is 6. The molecule has 2 N–H and O–H groups in total. The molecule has 0 radical (unpaired) electrons. The molecule has 10 nitrogen and oxygen atoms in total. The molecule has 5 aromatic rings. The minimum Gasteiger partial charge on any atom is -0.355 e. The van der Waals surface area contributed by atoms with Crippen LogP contribution in [0.3, 0.4) is 0 Å². The van der Waals surface area contributed by atoms with E-state index in [1.54, 1.807) is 25.1 Å². The molecule has 0 atom stereocenters. The lowest BCUT2D eigenvalue weighted by molar-refractivity contribution is 0.0964. The first-order valence-corrected chi connectivity index (χ1v) is 13.9. The standard InChI is InChI=1S/C25H16Cl6N8O2/c1-10-6-11(26)7-13(24(40)32-2)20(10)34-25(41)15-8-12(35-39(15)23-14(27)4-3-5-33-23)9-38-36-21-18(30)16(28)17(29)19(31)22(21)37-38/h3-8H,9H2,1-2H3,(H,32,40)(H,34,41). The van der Waals surface area contributed by atoms with Gasteiger partial charge in [-0.05, 0) is 42.8 Å². The van der Waals surface area contributed by atoms with E-state index >= 15 is 0 Å². The molecule has 3 aromatic heterocycles. The molecule has 210 valence electrons. The molecule has 2 amide bonds. The van der Waals surface area contributed by atoms with Crippen molar-refractivity contribution in [2.75, 3.05) is 12.4 Å². The molecule has 5 rings (SSSR count). The second-order valence-corrected chi connectivity index (χ2v) is 11.0. The Bertz CT molecular complexity index is 1820. The Labute approximate surface area is 262 Å². The van der Waals surface area contributed by atoms with Crippen LogP contribution in [0.1, 0.15) is 32.1 Å². The summed E-state index contributed by atoms with van der Waals surface area (Å²) in [6.07, 6.45) is 1.51. The van der Waals surface area contributed by atoms with Crippen LogP contribution in [0.4, 0.5) is 5.69 Å². The minimum absolute atomic E-state index is 0.00221. The number of fused-ring (bicyclic) bond motifs is 1. The Morgan fingerprint density at radius 1 is 0.878 bits per heavy atom. The second-order valence-electron chi connectivity index (χ2n) is 8.60. The molecular weight excluding hydrogens is 657 g/mol. The zero-order chi connectivity index (χ0) is 29.6. The van der Waals surface area contributed by atoms with E-state index in [9.17, 15) is 9.59 Å². The molecule has 0 saturated heterocycles. The van der Waals surface area contributed by atoms with Crippen LogP contribution in [-0.4, -0.2) is 48.6 Å². The normalized spacial score (nSPS) is 11.2. The van der Waals surface area contributed by atoms with Crippen LogP contribution < -0.4 is 10.6 Å². The number of halogens is 6. The number of carbonyl (C=O) groups is 2. The van der Waals surface area contributed by atoms with Gasteiger partial charge in [-0.25, -0.2) is 9.67 Å². The van der Waals surface area contributed by atoms with E-state index in [1.165, 1.54) is 34.9 Å². The molecular formula is C25H16Cl6N8O2. The van der Waals surface area contributed by atoms with Crippen molar-refractivity contribution in [2.45, 2.75) is 13.5 Å². The third-order valence-corrected chi connectivity index (χ3v) is 8.19. The Kier molecular flexibility index (Phi) is 8.34. The summed E-state index contributed by atoms with van der Waals surface area (Å²) < 4.78 is 1.29. The maximum Gasteiger partial charge on any atom is 0.274 e. The number of carbonyl (C=O) groups excluding carboxylic acids is 2. The Balaban J connectivity index is 1.58. The molecule has 0 fully saturated rings. The Morgan fingerprint density at radius 3 is 2.15 bits per heavy atom. The SMILES string of the molecule is CNC(=O)c1cc(Cl)cc(C)c1NC(=O)c1cc(Cn2nc3c(Cl)c(Cl)c(Cl)c(Cl)c3n2)nn1-c1ncccc1Cl. The molecule has 0 saturated carbocycles. The van der Waals surface area contributed by atoms with Gasteiger partial charge in [0.25, 0.3) is 11.8 Å². The zero-order valence-electron chi connectivity index (χ0n) is 20.9. The van der Waals surface area contributed by atoms with Gasteiger partial charge in [0.05, 0.1) is 42.1 Å². The number of hydrogen-bond acceptors (Lipinski definition) is 6.